The highest BCUT2D eigenvalue weighted by atomic mass is 16.6. The van der Waals surface area contributed by atoms with Gasteiger partial charge in [-0.05, 0) is 31.9 Å². The first-order valence-corrected chi connectivity index (χ1v) is 8.21. The molecule has 1 fully saturated rings. The van der Waals surface area contributed by atoms with Gasteiger partial charge < -0.3 is 10.0 Å². The number of carboxylic acids is 1. The minimum absolute atomic E-state index is 0.0886. The molecule has 2 unspecified atom stereocenters. The smallest absolute Gasteiger partial charge is 0.308 e. The van der Waals surface area contributed by atoms with Crippen molar-refractivity contribution in [2.24, 2.45) is 5.92 Å². The van der Waals surface area contributed by atoms with Gasteiger partial charge in [0.15, 0.2) is 5.69 Å². The van der Waals surface area contributed by atoms with Gasteiger partial charge in [0.05, 0.1) is 10.8 Å². The average Bonchev–Trinajstić information content (AvgIpc) is 3.11. The Bertz CT molecular complexity index is 862. The number of nitro groups is 1. The van der Waals surface area contributed by atoms with Crippen molar-refractivity contribution in [2.45, 2.75) is 25.8 Å². The first-order valence-electron chi connectivity index (χ1n) is 8.21. The molecule has 9 nitrogen and oxygen atoms in total. The van der Waals surface area contributed by atoms with Gasteiger partial charge in [0.1, 0.15) is 5.69 Å². The molecule has 1 N–H and O–H groups in total. The van der Waals surface area contributed by atoms with Gasteiger partial charge in [-0.25, -0.2) is 4.68 Å². The first kappa shape index (κ1) is 17.6. The van der Waals surface area contributed by atoms with E-state index in [-0.39, 0.29) is 35.6 Å². The number of piperidine rings is 1. The fraction of sp³-hybridized carbons (Fsp3) is 0.353. The normalized spacial score (nSPS) is 20.0. The van der Waals surface area contributed by atoms with E-state index in [2.05, 4.69) is 5.10 Å². The maximum Gasteiger partial charge on any atom is 0.308 e. The van der Waals surface area contributed by atoms with Gasteiger partial charge in [0.25, 0.3) is 11.6 Å². The largest absolute Gasteiger partial charge is 0.481 e. The summed E-state index contributed by atoms with van der Waals surface area (Å²) in [6.45, 7) is 2.00. The third kappa shape index (κ3) is 3.28. The SMILES string of the molecule is CC1CCC(C(=O)O)CN1C(=O)c1ccn(-c2ccccc2[N+](=O)[O-])n1. The summed E-state index contributed by atoms with van der Waals surface area (Å²) < 4.78 is 1.29. The van der Waals surface area contributed by atoms with Crippen LogP contribution in [-0.4, -0.2) is 49.2 Å². The second-order valence-corrected chi connectivity index (χ2v) is 6.31. The van der Waals surface area contributed by atoms with Crippen molar-refractivity contribution in [2.75, 3.05) is 6.54 Å². The Balaban J connectivity index is 1.87. The van der Waals surface area contributed by atoms with Crippen molar-refractivity contribution in [3.63, 3.8) is 0 Å². The van der Waals surface area contributed by atoms with Crippen LogP contribution < -0.4 is 0 Å². The molecule has 26 heavy (non-hydrogen) atoms. The topological polar surface area (TPSA) is 119 Å². The molecule has 0 radical (unpaired) electrons. The molecule has 2 heterocycles. The Hall–Kier alpha value is -3.23. The molecule has 3 rings (SSSR count). The quantitative estimate of drug-likeness (QED) is 0.660. The summed E-state index contributed by atoms with van der Waals surface area (Å²) >= 11 is 0. The molecule has 0 aliphatic carbocycles. The molecule has 0 spiro atoms. The Labute approximate surface area is 149 Å². The summed E-state index contributed by atoms with van der Waals surface area (Å²) in [5.74, 6) is -1.88. The van der Waals surface area contributed by atoms with Crippen molar-refractivity contribution < 1.29 is 19.6 Å². The lowest BCUT2D eigenvalue weighted by Gasteiger charge is -2.36. The number of likely N-dealkylation sites (tertiary alicyclic amines) is 1. The second kappa shape index (κ2) is 6.95. The lowest BCUT2D eigenvalue weighted by atomic mass is 9.93. The standard InChI is InChI=1S/C17H18N4O5/c1-11-6-7-12(17(23)24)10-19(11)16(22)13-8-9-20(18-13)14-4-2-3-5-15(14)21(25)26/h2-5,8-9,11-12H,6-7,10H2,1H3,(H,23,24). The number of benzene rings is 1. The van der Waals surface area contributed by atoms with Crippen LogP contribution in [0, 0.1) is 16.0 Å². The summed E-state index contributed by atoms with van der Waals surface area (Å²) in [5.41, 5.74) is 0.263. The van der Waals surface area contributed by atoms with Crippen molar-refractivity contribution in [3.05, 3.63) is 52.3 Å². The number of carbonyl (C=O) groups is 2. The van der Waals surface area contributed by atoms with E-state index in [1.54, 1.807) is 18.2 Å². The minimum atomic E-state index is -0.917. The first-order chi connectivity index (χ1) is 12.4. The van der Waals surface area contributed by atoms with Crippen LogP contribution in [0.15, 0.2) is 36.5 Å². The van der Waals surface area contributed by atoms with Gasteiger partial charge >= 0.3 is 5.97 Å². The molecule has 1 aromatic carbocycles. The van der Waals surface area contributed by atoms with Gasteiger partial charge in [-0.15, -0.1) is 0 Å². The molecule has 2 aromatic rings. The van der Waals surface area contributed by atoms with Gasteiger partial charge in [0.2, 0.25) is 0 Å². The third-order valence-corrected chi connectivity index (χ3v) is 4.63. The third-order valence-electron chi connectivity index (χ3n) is 4.63. The lowest BCUT2D eigenvalue weighted by molar-refractivity contribution is -0.384. The van der Waals surface area contributed by atoms with Gasteiger partial charge in [-0.3, -0.25) is 19.7 Å². The van der Waals surface area contributed by atoms with E-state index in [9.17, 15) is 24.8 Å². The van der Waals surface area contributed by atoms with Crippen molar-refractivity contribution in [1.82, 2.24) is 14.7 Å². The fourth-order valence-corrected chi connectivity index (χ4v) is 3.12. The molecule has 1 aliphatic rings. The molecular weight excluding hydrogens is 340 g/mol. The number of para-hydroxylation sites is 2. The summed E-state index contributed by atoms with van der Waals surface area (Å²) in [6, 6.07) is 7.51. The van der Waals surface area contributed by atoms with E-state index < -0.39 is 16.8 Å². The van der Waals surface area contributed by atoms with Crippen LogP contribution in [0.3, 0.4) is 0 Å². The zero-order valence-corrected chi connectivity index (χ0v) is 14.1. The molecule has 0 bridgehead atoms. The van der Waals surface area contributed by atoms with Crippen molar-refractivity contribution >= 4 is 17.6 Å². The van der Waals surface area contributed by atoms with E-state index in [4.69, 9.17) is 0 Å². The van der Waals surface area contributed by atoms with E-state index in [1.807, 2.05) is 6.92 Å². The molecular formula is C17H18N4O5. The number of rotatable bonds is 4. The molecule has 1 saturated heterocycles. The molecule has 1 aromatic heterocycles. The molecule has 0 saturated carbocycles. The summed E-state index contributed by atoms with van der Waals surface area (Å²) in [5, 5.41) is 24.5. The Kier molecular flexibility index (Phi) is 4.70. The lowest BCUT2D eigenvalue weighted by Crippen LogP contribution is -2.47. The molecule has 1 amide bonds. The van der Waals surface area contributed by atoms with Gasteiger partial charge in [0, 0.05) is 24.8 Å². The molecule has 9 heteroatoms. The van der Waals surface area contributed by atoms with Crippen LogP contribution in [0.4, 0.5) is 5.69 Å². The summed E-state index contributed by atoms with van der Waals surface area (Å²) in [4.78, 5) is 36.2. The van der Waals surface area contributed by atoms with Crippen LogP contribution >= 0.6 is 0 Å². The van der Waals surface area contributed by atoms with Crippen molar-refractivity contribution in [3.8, 4) is 5.69 Å². The van der Waals surface area contributed by atoms with Gasteiger partial charge in [-0.2, -0.15) is 5.10 Å². The Morgan fingerprint density at radius 2 is 2.00 bits per heavy atom. The number of amides is 1. The number of aromatic nitrogens is 2. The zero-order chi connectivity index (χ0) is 18.8. The number of hydrogen-bond acceptors (Lipinski definition) is 5. The van der Waals surface area contributed by atoms with Crippen LogP contribution in [0.25, 0.3) is 5.69 Å². The predicted molar refractivity (Wildman–Crippen MR) is 91.1 cm³/mol. The Morgan fingerprint density at radius 3 is 2.69 bits per heavy atom. The highest BCUT2D eigenvalue weighted by Crippen LogP contribution is 2.25. The van der Waals surface area contributed by atoms with Crippen LogP contribution in [0.5, 0.6) is 0 Å². The molecule has 1 aliphatic heterocycles. The van der Waals surface area contributed by atoms with E-state index in [0.717, 1.165) is 0 Å². The van der Waals surface area contributed by atoms with E-state index >= 15 is 0 Å². The maximum atomic E-state index is 12.8. The number of carboxylic acid groups (broad SMARTS) is 1. The monoisotopic (exact) mass is 358 g/mol. The van der Waals surface area contributed by atoms with Crippen molar-refractivity contribution in [1.29, 1.82) is 0 Å². The van der Waals surface area contributed by atoms with Gasteiger partial charge in [-0.1, -0.05) is 12.1 Å². The molecule has 2 atom stereocenters. The average molecular weight is 358 g/mol. The Morgan fingerprint density at radius 1 is 1.27 bits per heavy atom. The number of hydrogen-bond donors (Lipinski definition) is 1. The number of nitrogens with zero attached hydrogens (tertiary/aromatic N) is 4. The van der Waals surface area contributed by atoms with Crippen LogP contribution in [0.2, 0.25) is 0 Å². The number of carbonyl (C=O) groups excluding carboxylic acids is 1. The minimum Gasteiger partial charge on any atom is -0.481 e. The highest BCUT2D eigenvalue weighted by molar-refractivity contribution is 5.93. The highest BCUT2D eigenvalue weighted by Gasteiger charge is 2.33. The maximum absolute atomic E-state index is 12.8. The van der Waals surface area contributed by atoms with E-state index in [0.29, 0.717) is 12.8 Å². The number of nitro benzene ring substituents is 1. The summed E-state index contributed by atoms with van der Waals surface area (Å²) in [7, 11) is 0. The van der Waals surface area contributed by atoms with E-state index in [1.165, 1.54) is 27.9 Å². The molecule has 136 valence electrons. The van der Waals surface area contributed by atoms with Crippen LogP contribution in [0.1, 0.15) is 30.3 Å². The second-order valence-electron chi connectivity index (χ2n) is 6.31. The zero-order valence-electron chi connectivity index (χ0n) is 14.1. The summed E-state index contributed by atoms with van der Waals surface area (Å²) in [6.07, 6.45) is 2.62. The number of aliphatic carboxylic acids is 1. The predicted octanol–water partition coefficient (Wildman–Crippen LogP) is 2.11. The fourth-order valence-electron chi connectivity index (χ4n) is 3.12. The van der Waals surface area contributed by atoms with Crippen LogP contribution in [-0.2, 0) is 4.79 Å².